The minimum absolute atomic E-state index is 0.0883. The van der Waals surface area contributed by atoms with E-state index in [1.807, 2.05) is 150 Å². The van der Waals surface area contributed by atoms with Crippen LogP contribution in [0.1, 0.15) is 133 Å². The summed E-state index contributed by atoms with van der Waals surface area (Å²) in [5, 5.41) is 22.7. The second-order valence-electron chi connectivity index (χ2n) is 24.0. The fourth-order valence-corrected chi connectivity index (χ4v) is 11.8. The van der Waals surface area contributed by atoms with Crippen molar-refractivity contribution in [3.8, 4) is 22.3 Å². The van der Waals surface area contributed by atoms with Crippen LogP contribution in [0.25, 0.3) is 65.6 Å². The fourth-order valence-electron chi connectivity index (χ4n) is 11.8. The Kier molecular flexibility index (Phi) is 16.8. The van der Waals surface area contributed by atoms with Crippen LogP contribution in [0.3, 0.4) is 0 Å². The highest BCUT2D eigenvalue weighted by molar-refractivity contribution is 6.01. The van der Waals surface area contributed by atoms with Crippen molar-refractivity contribution >= 4 is 67.1 Å². The lowest BCUT2D eigenvalue weighted by Crippen LogP contribution is -2.26. The van der Waals surface area contributed by atoms with E-state index in [9.17, 15) is 24.3 Å². The van der Waals surface area contributed by atoms with Gasteiger partial charge in [-0.2, -0.15) is 0 Å². The summed E-state index contributed by atoms with van der Waals surface area (Å²) in [5.74, 6) is -1.45. The van der Waals surface area contributed by atoms with Crippen LogP contribution in [0.2, 0.25) is 0 Å². The maximum absolute atomic E-state index is 13.4. The average Bonchev–Trinajstić information content (AvgIpc) is 2.81. The largest absolute Gasteiger partial charge is 0.478 e. The number of carbonyl (C=O) groups excluding carboxylic acids is 3. The Labute approximate surface area is 514 Å². The number of hydrogen-bond donors (Lipinski definition) is 3. The average molecular weight is 1160 g/mol. The zero-order valence-corrected chi connectivity index (χ0v) is 51.2. The number of esters is 1. The van der Waals surface area contributed by atoms with Crippen LogP contribution in [0.15, 0.2) is 218 Å². The molecule has 2 aromatic heterocycles. The standard InChI is InChI=1S/C41H40N2O3.C37H32N2O3/c1-26-28(3)43(25-29-15-17-31(18-16-29)35-13-9-10-14-36(35)40(45)46-41(4,5)6)38-22-21-34(24-37(26)38)39(44)42-27(2)32-20-19-30-11-7-8-12-33(30)23-32;1-23-25(3)39(22-26-12-14-28(15-13-26)32-10-6-7-11-33(32)37(41)42)35-19-18-31(21-34(23)35)36(40)38-24(2)29-17-16-27-8-4-5-9-30(27)20-29/h7-24,27H,25H2,1-6H3,(H,42,44);4-21,24H,22H2,1-3H3,(H,38,40)(H,41,42)/t27-;24-/m00/s1. The Bertz CT molecular complexity index is 4640. The number of benzene rings is 10. The number of ether oxygens (including phenoxy) is 1. The van der Waals surface area contributed by atoms with Crippen LogP contribution < -0.4 is 10.6 Å². The highest BCUT2D eigenvalue weighted by Crippen LogP contribution is 2.33. The Morgan fingerprint density at radius 2 is 0.841 bits per heavy atom. The van der Waals surface area contributed by atoms with Gasteiger partial charge >= 0.3 is 11.9 Å². The first-order chi connectivity index (χ1) is 42.3. The predicted octanol–water partition coefficient (Wildman–Crippen LogP) is 17.9. The molecule has 440 valence electrons. The summed E-state index contributed by atoms with van der Waals surface area (Å²) in [7, 11) is 0. The van der Waals surface area contributed by atoms with Gasteiger partial charge in [-0.1, -0.05) is 158 Å². The SMILES string of the molecule is Cc1c(C)n(Cc2ccc(-c3ccccc3C(=O)O)cc2)c2ccc(C(=O)N[C@@H](C)c3ccc4ccccc4c3)cc12.Cc1c(C)n(Cc2ccc(-c3ccccc3C(=O)OC(C)(C)C)cc2)c2ccc(C(=O)N[C@@H](C)c3ccc4ccccc4c3)cc12. The number of aryl methyl sites for hydroxylation is 2. The van der Waals surface area contributed by atoms with E-state index in [-0.39, 0.29) is 29.9 Å². The molecule has 0 spiro atoms. The monoisotopic (exact) mass is 1160 g/mol. The molecule has 3 N–H and O–H groups in total. The van der Waals surface area contributed by atoms with E-state index in [1.54, 1.807) is 12.1 Å². The first-order valence-corrected chi connectivity index (χ1v) is 29.9. The van der Waals surface area contributed by atoms with Crippen molar-refractivity contribution < 1.29 is 29.0 Å². The molecule has 2 heterocycles. The summed E-state index contributed by atoms with van der Waals surface area (Å²) in [6.07, 6.45) is 0. The van der Waals surface area contributed by atoms with Crippen molar-refractivity contribution in [2.45, 2.75) is 93.1 Å². The molecule has 10 nitrogen and oxygen atoms in total. The number of carboxylic acids is 1. The van der Waals surface area contributed by atoms with E-state index >= 15 is 0 Å². The number of carbonyl (C=O) groups is 4. The van der Waals surface area contributed by atoms with Gasteiger partial charge in [-0.15, -0.1) is 0 Å². The number of amides is 2. The van der Waals surface area contributed by atoms with Gasteiger partial charge in [0.15, 0.2) is 0 Å². The van der Waals surface area contributed by atoms with Gasteiger partial charge in [-0.05, 0) is 200 Å². The number of rotatable bonds is 14. The molecule has 0 bridgehead atoms. The molecule has 0 aliphatic carbocycles. The van der Waals surface area contributed by atoms with Crippen molar-refractivity contribution in [1.82, 2.24) is 19.8 Å². The van der Waals surface area contributed by atoms with E-state index in [0.29, 0.717) is 40.9 Å². The van der Waals surface area contributed by atoms with Crippen LogP contribution in [0, 0.1) is 27.7 Å². The number of aromatic nitrogens is 2. The third-order valence-corrected chi connectivity index (χ3v) is 17.0. The summed E-state index contributed by atoms with van der Waals surface area (Å²) in [6, 6.07) is 71.7. The molecule has 0 saturated heterocycles. The molecule has 0 saturated carbocycles. The van der Waals surface area contributed by atoms with Crippen LogP contribution in [-0.4, -0.2) is 43.6 Å². The van der Waals surface area contributed by atoms with Crippen LogP contribution in [0.4, 0.5) is 0 Å². The van der Waals surface area contributed by atoms with Gasteiger partial charge in [-0.3, -0.25) is 9.59 Å². The topological polar surface area (TPSA) is 132 Å². The molecule has 12 aromatic rings. The van der Waals surface area contributed by atoms with Crippen LogP contribution in [0.5, 0.6) is 0 Å². The second kappa shape index (κ2) is 24.9. The van der Waals surface area contributed by atoms with Gasteiger partial charge in [0.25, 0.3) is 11.8 Å². The van der Waals surface area contributed by atoms with Gasteiger partial charge in [0.2, 0.25) is 0 Å². The molecule has 0 unspecified atom stereocenters. The number of nitrogens with zero attached hydrogens (tertiary/aromatic N) is 2. The number of fused-ring (bicyclic) bond motifs is 4. The summed E-state index contributed by atoms with van der Waals surface area (Å²) in [4.78, 5) is 51.2. The minimum atomic E-state index is -0.934. The molecule has 10 aromatic carbocycles. The van der Waals surface area contributed by atoms with Gasteiger partial charge < -0.3 is 29.6 Å². The zero-order chi connectivity index (χ0) is 62.0. The summed E-state index contributed by atoms with van der Waals surface area (Å²) in [6.45, 7) is 19.5. The second-order valence-corrected chi connectivity index (χ2v) is 24.0. The smallest absolute Gasteiger partial charge is 0.339 e. The lowest BCUT2D eigenvalue weighted by Gasteiger charge is -2.20. The molecular formula is C78H72N4O6. The zero-order valence-electron chi connectivity index (χ0n) is 51.2. The van der Waals surface area contributed by atoms with Gasteiger partial charge in [0.1, 0.15) is 5.60 Å². The van der Waals surface area contributed by atoms with Crippen molar-refractivity contribution in [3.05, 3.63) is 285 Å². The van der Waals surface area contributed by atoms with E-state index in [1.165, 1.54) is 10.8 Å². The molecule has 0 fully saturated rings. The highest BCUT2D eigenvalue weighted by atomic mass is 16.6. The van der Waals surface area contributed by atoms with Crippen molar-refractivity contribution in [2.75, 3.05) is 0 Å². The molecule has 2 atom stereocenters. The third kappa shape index (κ3) is 12.6. The molecule has 0 aliphatic rings. The first-order valence-electron chi connectivity index (χ1n) is 29.9. The van der Waals surface area contributed by atoms with Crippen molar-refractivity contribution in [1.29, 1.82) is 0 Å². The lowest BCUT2D eigenvalue weighted by atomic mass is 9.98. The van der Waals surface area contributed by atoms with Crippen molar-refractivity contribution in [2.24, 2.45) is 0 Å². The normalized spacial score (nSPS) is 12.1. The molecule has 2 amide bonds. The summed E-state index contributed by atoms with van der Waals surface area (Å²) in [5.41, 5.74) is 16.1. The number of nitrogens with one attached hydrogen (secondary N) is 2. The quantitative estimate of drug-likeness (QED) is 0.0930. The van der Waals surface area contributed by atoms with Crippen molar-refractivity contribution in [3.63, 3.8) is 0 Å². The summed E-state index contributed by atoms with van der Waals surface area (Å²) < 4.78 is 10.2. The van der Waals surface area contributed by atoms with Gasteiger partial charge in [0, 0.05) is 57.4 Å². The molecule has 88 heavy (non-hydrogen) atoms. The number of carboxylic acid groups (broad SMARTS) is 1. The van der Waals surface area contributed by atoms with Crippen LogP contribution in [-0.2, 0) is 17.8 Å². The Hall–Kier alpha value is -10.3. The van der Waals surface area contributed by atoms with E-state index in [0.717, 1.165) is 94.0 Å². The Balaban J connectivity index is 0.000000183. The molecule has 10 heteroatoms. The molecule has 12 rings (SSSR count). The highest BCUT2D eigenvalue weighted by Gasteiger charge is 2.23. The van der Waals surface area contributed by atoms with E-state index in [4.69, 9.17) is 4.74 Å². The fraction of sp³-hybridized carbons (Fsp3) is 0.179. The Morgan fingerprint density at radius 3 is 1.26 bits per heavy atom. The third-order valence-electron chi connectivity index (χ3n) is 17.0. The van der Waals surface area contributed by atoms with E-state index in [2.05, 4.69) is 138 Å². The van der Waals surface area contributed by atoms with Gasteiger partial charge in [0.05, 0.1) is 23.2 Å². The molecule has 0 radical (unpaired) electrons. The van der Waals surface area contributed by atoms with Crippen LogP contribution >= 0.6 is 0 Å². The number of aromatic carboxylic acids is 1. The Morgan fingerprint density at radius 1 is 0.455 bits per heavy atom. The maximum atomic E-state index is 13.4. The minimum Gasteiger partial charge on any atom is -0.478 e. The van der Waals surface area contributed by atoms with E-state index < -0.39 is 11.6 Å². The molecular weight excluding hydrogens is 1090 g/mol. The lowest BCUT2D eigenvalue weighted by molar-refractivity contribution is 0.00699. The maximum Gasteiger partial charge on any atom is 0.339 e. The number of hydrogen-bond acceptors (Lipinski definition) is 5. The van der Waals surface area contributed by atoms with Gasteiger partial charge in [-0.25, -0.2) is 9.59 Å². The first kappa shape index (κ1) is 59.4. The predicted molar refractivity (Wildman–Crippen MR) is 357 cm³/mol. The molecule has 0 aliphatic heterocycles. The summed E-state index contributed by atoms with van der Waals surface area (Å²) >= 11 is 0.